The zero-order valence-electron chi connectivity index (χ0n) is 16.3. The molecule has 0 aromatic heterocycles. The van der Waals surface area contributed by atoms with Crippen LogP contribution in [-0.2, 0) is 0 Å². The maximum Gasteiger partial charge on any atom is 0.229 e. The molecular weight excluding hydrogens is 388 g/mol. The summed E-state index contributed by atoms with van der Waals surface area (Å²) in [6.07, 6.45) is 0. The monoisotopic (exact) mass is 404 g/mol. The Kier molecular flexibility index (Phi) is 3.65. The van der Waals surface area contributed by atoms with Gasteiger partial charge in [0.05, 0.1) is 5.57 Å². The lowest BCUT2D eigenvalue weighted by Gasteiger charge is -2.33. The number of Topliss-reactive ketones (excluding diaryl/α,β-unsaturated/α-hetero) is 2. The number of hydrogen-bond acceptors (Lipinski definition) is 4. The van der Waals surface area contributed by atoms with E-state index in [4.69, 9.17) is 4.74 Å². The number of carbonyl (C=O) groups is 2. The Morgan fingerprint density at radius 2 is 1.39 bits per heavy atom. The summed E-state index contributed by atoms with van der Waals surface area (Å²) in [7, 11) is 0. The molecule has 1 unspecified atom stereocenters. The highest BCUT2D eigenvalue weighted by Crippen LogP contribution is 2.52. The lowest BCUT2D eigenvalue weighted by molar-refractivity contribution is 0.0926. The van der Waals surface area contributed by atoms with Gasteiger partial charge in [-0.2, -0.15) is 0 Å². The van der Waals surface area contributed by atoms with Crippen LogP contribution in [0.15, 0.2) is 96.3 Å². The molecule has 4 nitrogen and oxygen atoms in total. The second kappa shape index (κ2) is 6.41. The maximum atomic E-state index is 13.7. The Morgan fingerprint density at radius 3 is 2.16 bits per heavy atom. The van der Waals surface area contributed by atoms with E-state index >= 15 is 0 Å². The second-order valence-electron chi connectivity index (χ2n) is 7.75. The largest absolute Gasteiger partial charge is 0.504 e. The predicted molar refractivity (Wildman–Crippen MR) is 117 cm³/mol. The van der Waals surface area contributed by atoms with E-state index in [1.165, 1.54) is 0 Å². The van der Waals surface area contributed by atoms with E-state index in [0.717, 1.165) is 16.3 Å². The number of ether oxygens (including phenoxy) is 1. The fourth-order valence-corrected chi connectivity index (χ4v) is 4.70. The number of fused-ring (bicyclic) bond motifs is 4. The van der Waals surface area contributed by atoms with Crippen LogP contribution in [0, 0.1) is 0 Å². The van der Waals surface area contributed by atoms with Crippen LogP contribution < -0.4 is 4.74 Å². The first-order chi connectivity index (χ1) is 15.1. The van der Waals surface area contributed by atoms with Crippen molar-refractivity contribution < 1.29 is 19.4 Å². The van der Waals surface area contributed by atoms with E-state index < -0.39 is 5.92 Å². The molecule has 0 fully saturated rings. The van der Waals surface area contributed by atoms with Gasteiger partial charge < -0.3 is 9.84 Å². The summed E-state index contributed by atoms with van der Waals surface area (Å²) in [6.45, 7) is 0. The predicted octanol–water partition coefficient (Wildman–Crippen LogP) is 5.40. The third kappa shape index (κ3) is 2.42. The van der Waals surface area contributed by atoms with E-state index in [2.05, 4.69) is 0 Å². The zero-order chi connectivity index (χ0) is 21.1. The minimum Gasteiger partial charge on any atom is -0.504 e. The average Bonchev–Trinajstić information content (AvgIpc) is 2.82. The molecule has 148 valence electrons. The molecule has 0 radical (unpaired) electrons. The lowest BCUT2D eigenvalue weighted by atomic mass is 9.73. The van der Waals surface area contributed by atoms with Gasteiger partial charge in [-0.15, -0.1) is 0 Å². The topological polar surface area (TPSA) is 63.6 Å². The van der Waals surface area contributed by atoms with Crippen molar-refractivity contribution >= 4 is 22.3 Å². The first-order valence-electron chi connectivity index (χ1n) is 10.0. The molecule has 4 aromatic carbocycles. The van der Waals surface area contributed by atoms with Crippen molar-refractivity contribution in [3.05, 3.63) is 119 Å². The highest BCUT2D eigenvalue weighted by atomic mass is 16.5. The summed E-state index contributed by atoms with van der Waals surface area (Å²) in [5.41, 5.74) is 2.57. The molecule has 4 heteroatoms. The van der Waals surface area contributed by atoms with Gasteiger partial charge in [0.25, 0.3) is 0 Å². The van der Waals surface area contributed by atoms with Crippen LogP contribution in [0.25, 0.3) is 10.8 Å². The fraction of sp³-hybridized carbons (Fsp3) is 0.0370. The van der Waals surface area contributed by atoms with Crippen LogP contribution in [-0.4, -0.2) is 16.7 Å². The number of allylic oxidation sites excluding steroid dienone is 2. The number of aromatic hydroxyl groups is 1. The highest BCUT2D eigenvalue weighted by molar-refractivity contribution is 6.27. The zero-order valence-corrected chi connectivity index (χ0v) is 16.3. The summed E-state index contributed by atoms with van der Waals surface area (Å²) < 4.78 is 6.03. The molecule has 0 bridgehead atoms. The molecule has 1 aliphatic carbocycles. The first-order valence-corrected chi connectivity index (χ1v) is 10.0. The van der Waals surface area contributed by atoms with Crippen LogP contribution >= 0.6 is 0 Å². The summed E-state index contributed by atoms with van der Waals surface area (Å²) in [6, 6.07) is 25.7. The van der Waals surface area contributed by atoms with Crippen molar-refractivity contribution in [1.29, 1.82) is 0 Å². The van der Waals surface area contributed by atoms with Crippen molar-refractivity contribution in [3.8, 4) is 11.5 Å². The van der Waals surface area contributed by atoms with E-state index in [-0.39, 0.29) is 28.8 Å². The quantitative estimate of drug-likeness (QED) is 0.461. The van der Waals surface area contributed by atoms with Crippen LogP contribution in [0.5, 0.6) is 11.5 Å². The smallest absolute Gasteiger partial charge is 0.229 e. The third-order valence-corrected chi connectivity index (χ3v) is 6.05. The number of phenols is 1. The van der Waals surface area contributed by atoms with Crippen molar-refractivity contribution in [2.45, 2.75) is 5.92 Å². The number of rotatable bonds is 1. The molecule has 1 heterocycles. The second-order valence-corrected chi connectivity index (χ2v) is 7.75. The molecule has 6 rings (SSSR count). The highest BCUT2D eigenvalue weighted by Gasteiger charge is 2.44. The standard InChI is InChI=1S/C27H16O4/c28-20-14-16-10-4-5-11-17(16)22-21(15-8-2-1-3-9-15)23-24(29)18-12-6-7-13-19(18)25(30)27(23)31-26(20)22/h1-14,21,28H. The summed E-state index contributed by atoms with van der Waals surface area (Å²) in [4.78, 5) is 27.0. The average molecular weight is 404 g/mol. The van der Waals surface area contributed by atoms with Crippen molar-refractivity contribution in [2.75, 3.05) is 0 Å². The summed E-state index contributed by atoms with van der Waals surface area (Å²) >= 11 is 0. The number of carbonyl (C=O) groups excluding carboxylic acids is 2. The number of hydrogen-bond donors (Lipinski definition) is 1. The Morgan fingerprint density at radius 1 is 0.742 bits per heavy atom. The third-order valence-electron chi connectivity index (χ3n) is 6.05. The Bertz CT molecular complexity index is 1450. The Hall–Kier alpha value is -4.18. The molecule has 0 spiro atoms. The van der Waals surface area contributed by atoms with E-state index in [1.807, 2.05) is 54.6 Å². The van der Waals surface area contributed by atoms with Gasteiger partial charge in [0.1, 0.15) is 0 Å². The van der Waals surface area contributed by atoms with E-state index in [9.17, 15) is 14.7 Å². The van der Waals surface area contributed by atoms with Gasteiger partial charge in [-0.05, 0) is 22.4 Å². The number of phenolic OH excluding ortho intramolecular Hbond substituents is 1. The molecule has 0 saturated carbocycles. The maximum absolute atomic E-state index is 13.7. The minimum absolute atomic E-state index is 0.00404. The number of benzene rings is 4. The van der Waals surface area contributed by atoms with Crippen LogP contribution in [0.2, 0.25) is 0 Å². The molecule has 0 saturated heterocycles. The minimum atomic E-state index is -0.540. The summed E-state index contributed by atoms with van der Waals surface area (Å²) in [5, 5.41) is 12.5. The molecule has 0 amide bonds. The normalized spacial score (nSPS) is 17.1. The first kappa shape index (κ1) is 17.7. The number of ketones is 2. The van der Waals surface area contributed by atoms with Crippen molar-refractivity contribution in [1.82, 2.24) is 0 Å². The molecule has 31 heavy (non-hydrogen) atoms. The van der Waals surface area contributed by atoms with Crippen LogP contribution in [0.4, 0.5) is 0 Å². The van der Waals surface area contributed by atoms with Gasteiger partial charge >= 0.3 is 0 Å². The molecule has 1 aliphatic heterocycles. The molecular formula is C27H16O4. The lowest BCUT2D eigenvalue weighted by Crippen LogP contribution is -2.31. The van der Waals surface area contributed by atoms with Gasteiger partial charge in [0.15, 0.2) is 23.0 Å². The molecule has 4 aromatic rings. The molecule has 1 atom stereocenters. The van der Waals surface area contributed by atoms with Gasteiger partial charge in [0.2, 0.25) is 5.78 Å². The molecule has 1 N–H and O–H groups in total. The SMILES string of the molecule is O=C1C2=C(C(=O)c3ccccc31)C(c1ccccc1)c1c(c(O)cc3ccccc13)O2. The van der Waals surface area contributed by atoms with Gasteiger partial charge in [-0.25, -0.2) is 0 Å². The molecule has 2 aliphatic rings. The van der Waals surface area contributed by atoms with Crippen LogP contribution in [0.3, 0.4) is 0 Å². The fourth-order valence-electron chi connectivity index (χ4n) is 4.70. The van der Waals surface area contributed by atoms with Gasteiger partial charge in [-0.3, -0.25) is 9.59 Å². The van der Waals surface area contributed by atoms with Gasteiger partial charge in [0, 0.05) is 22.6 Å². The van der Waals surface area contributed by atoms with Crippen molar-refractivity contribution in [2.24, 2.45) is 0 Å². The van der Waals surface area contributed by atoms with E-state index in [1.54, 1.807) is 30.3 Å². The summed E-state index contributed by atoms with van der Waals surface area (Å²) in [5.74, 6) is -0.939. The Labute approximate surface area is 178 Å². The Balaban J connectivity index is 1.72. The van der Waals surface area contributed by atoms with Crippen molar-refractivity contribution in [3.63, 3.8) is 0 Å². The van der Waals surface area contributed by atoms with Crippen LogP contribution in [0.1, 0.15) is 37.8 Å². The van der Waals surface area contributed by atoms with E-state index in [0.29, 0.717) is 22.3 Å². The van der Waals surface area contributed by atoms with Gasteiger partial charge in [-0.1, -0.05) is 78.9 Å².